The average molecular weight is 79.9 g/mol. The first-order valence-corrected chi connectivity index (χ1v) is 1.91. The quantitative estimate of drug-likeness (QED) is 0.360. The highest BCUT2D eigenvalue weighted by atomic mass is 14.9. The summed E-state index contributed by atoms with van der Waals surface area (Å²) in [5.74, 6) is 0. The zero-order chi connectivity index (χ0) is 4.41. The van der Waals surface area contributed by atoms with Crippen LogP contribution in [0.3, 0.4) is 0 Å². The minimum absolute atomic E-state index is 0.806. The largest absolute Gasteiger partial charge is 0.330 e. The highest BCUT2D eigenvalue weighted by molar-refractivity contribution is 6.76. The van der Waals surface area contributed by atoms with Crippen molar-refractivity contribution < 1.29 is 0 Å². The van der Waals surface area contributed by atoms with Gasteiger partial charge < -0.3 is 4.90 Å². The lowest BCUT2D eigenvalue weighted by Gasteiger charge is -1.71. The van der Waals surface area contributed by atoms with Crippen LogP contribution in [-0.4, -0.2) is 19.4 Å². The summed E-state index contributed by atoms with van der Waals surface area (Å²) in [6, 6.07) is 0. The van der Waals surface area contributed by atoms with Crippen LogP contribution in [0.15, 0.2) is 9.90 Å². The molecule has 1 aliphatic heterocycles. The van der Waals surface area contributed by atoms with E-state index in [1.54, 1.807) is 6.34 Å². The smallest absolute Gasteiger partial charge is 0.311 e. The van der Waals surface area contributed by atoms with Crippen molar-refractivity contribution in [2.75, 3.05) is 0 Å². The molecule has 1 aliphatic rings. The topological polar surface area (TPSA) is 24.7 Å². The summed E-state index contributed by atoms with van der Waals surface area (Å²) >= 11 is 0. The number of aliphatic imine (C=N–C) groups is 1. The van der Waals surface area contributed by atoms with Gasteiger partial charge in [0.05, 0.1) is 6.34 Å². The number of hydrogen-bond acceptors (Lipinski definition) is 2. The van der Waals surface area contributed by atoms with Crippen LogP contribution < -0.4 is 0 Å². The Morgan fingerprint density at radius 2 is 2.67 bits per heavy atom. The van der Waals surface area contributed by atoms with Crippen LogP contribution >= 0.6 is 0 Å². The summed E-state index contributed by atoms with van der Waals surface area (Å²) in [4.78, 5) is 7.70. The Balaban J connectivity index is 2.61. The maximum absolute atomic E-state index is 3.86. The summed E-state index contributed by atoms with van der Waals surface area (Å²) in [6.45, 7) is 1.97. The van der Waals surface area contributed by atoms with E-state index < -0.39 is 0 Å². The van der Waals surface area contributed by atoms with Gasteiger partial charge in [-0.1, -0.05) is 0 Å². The molecule has 0 aromatic carbocycles. The molecule has 0 aliphatic carbocycles. The molecule has 0 bridgehead atoms. The number of rotatable bonds is 0. The Morgan fingerprint density at radius 3 is 2.83 bits per heavy atom. The molecular weight excluding hydrogens is 74.9 g/mol. The molecule has 1 rings (SSSR count). The molecule has 30 valence electrons. The zero-order valence-corrected chi connectivity index (χ0v) is 3.68. The standard InChI is InChI=1S/C3H5BN2/c1-3-4-6-2-5-3/h2,4H,1H3. The van der Waals surface area contributed by atoms with Crippen LogP contribution in [0.4, 0.5) is 0 Å². The normalized spacial score (nSPS) is 17.2. The van der Waals surface area contributed by atoms with Gasteiger partial charge in [0.15, 0.2) is 0 Å². The molecule has 0 N–H and O–H groups in total. The van der Waals surface area contributed by atoms with Gasteiger partial charge in [0.2, 0.25) is 0 Å². The molecule has 0 unspecified atom stereocenters. The Morgan fingerprint density at radius 1 is 1.83 bits per heavy atom. The van der Waals surface area contributed by atoms with Crippen molar-refractivity contribution in [2.24, 2.45) is 9.90 Å². The molecule has 0 saturated carbocycles. The Bertz CT molecular complexity index is 105. The second-order valence-electron chi connectivity index (χ2n) is 1.32. The summed E-state index contributed by atoms with van der Waals surface area (Å²) in [5.41, 5.74) is 1.11. The van der Waals surface area contributed by atoms with Crippen LogP contribution in [0.2, 0.25) is 0 Å². The van der Waals surface area contributed by atoms with E-state index in [4.69, 9.17) is 0 Å². The Hall–Kier alpha value is -0.595. The van der Waals surface area contributed by atoms with Gasteiger partial charge in [0.1, 0.15) is 0 Å². The highest BCUT2D eigenvalue weighted by Gasteiger charge is 1.93. The second kappa shape index (κ2) is 1.24. The molecule has 2 nitrogen and oxygen atoms in total. The fourth-order valence-corrected chi connectivity index (χ4v) is 0.353. The van der Waals surface area contributed by atoms with E-state index in [1.807, 2.05) is 6.92 Å². The predicted molar refractivity (Wildman–Crippen MR) is 28.7 cm³/mol. The van der Waals surface area contributed by atoms with Gasteiger partial charge in [-0.05, 0) is 6.92 Å². The van der Waals surface area contributed by atoms with Crippen LogP contribution in [0.25, 0.3) is 0 Å². The minimum Gasteiger partial charge on any atom is -0.330 e. The Labute approximate surface area is 37.3 Å². The molecule has 0 atom stereocenters. The molecule has 0 radical (unpaired) electrons. The van der Waals surface area contributed by atoms with Crippen molar-refractivity contribution in [3.05, 3.63) is 0 Å². The molecule has 0 aromatic rings. The monoisotopic (exact) mass is 80.1 g/mol. The van der Waals surface area contributed by atoms with Crippen LogP contribution in [0, 0.1) is 0 Å². The lowest BCUT2D eigenvalue weighted by Crippen LogP contribution is -1.93. The van der Waals surface area contributed by atoms with Crippen molar-refractivity contribution in [1.82, 2.24) is 0 Å². The predicted octanol–water partition coefficient (Wildman–Crippen LogP) is -0.202. The van der Waals surface area contributed by atoms with Crippen molar-refractivity contribution in [1.29, 1.82) is 0 Å². The molecule has 0 fully saturated rings. The SMILES string of the molecule is CC1=NC=NB1. The first kappa shape index (κ1) is 3.59. The van der Waals surface area contributed by atoms with Gasteiger partial charge in [-0.15, -0.1) is 0 Å². The van der Waals surface area contributed by atoms with E-state index in [-0.39, 0.29) is 0 Å². The third-order valence-corrected chi connectivity index (χ3v) is 0.680. The average Bonchev–Trinajstić information content (AvgIpc) is 1.86. The van der Waals surface area contributed by atoms with Gasteiger partial charge >= 0.3 is 7.41 Å². The second-order valence-corrected chi connectivity index (χ2v) is 1.32. The summed E-state index contributed by atoms with van der Waals surface area (Å²) in [7, 11) is 0.806. The molecule has 0 saturated heterocycles. The first-order chi connectivity index (χ1) is 2.89. The fraction of sp³-hybridized carbons (Fsp3) is 0.333. The van der Waals surface area contributed by atoms with Gasteiger partial charge in [-0.2, -0.15) is 0 Å². The summed E-state index contributed by atoms with van der Waals surface area (Å²) < 4.78 is 0. The molecule has 0 aromatic heterocycles. The molecule has 3 heteroatoms. The Kier molecular flexibility index (Phi) is 0.745. The third-order valence-electron chi connectivity index (χ3n) is 0.680. The highest BCUT2D eigenvalue weighted by Crippen LogP contribution is 1.80. The first-order valence-electron chi connectivity index (χ1n) is 1.91. The minimum atomic E-state index is 0.806. The van der Waals surface area contributed by atoms with Gasteiger partial charge in [0, 0.05) is 5.61 Å². The molecule has 6 heavy (non-hydrogen) atoms. The summed E-state index contributed by atoms with van der Waals surface area (Å²) in [5, 5.41) is 0. The maximum atomic E-state index is 3.86. The molecule has 0 spiro atoms. The fourth-order valence-electron chi connectivity index (χ4n) is 0.353. The van der Waals surface area contributed by atoms with Crippen LogP contribution in [-0.2, 0) is 0 Å². The van der Waals surface area contributed by atoms with Crippen molar-refractivity contribution in [3.8, 4) is 0 Å². The van der Waals surface area contributed by atoms with Crippen molar-refractivity contribution >= 4 is 19.4 Å². The van der Waals surface area contributed by atoms with E-state index in [1.165, 1.54) is 0 Å². The third kappa shape index (κ3) is 0.480. The van der Waals surface area contributed by atoms with E-state index in [9.17, 15) is 0 Å². The van der Waals surface area contributed by atoms with Crippen LogP contribution in [0.5, 0.6) is 0 Å². The zero-order valence-electron chi connectivity index (χ0n) is 3.68. The maximum Gasteiger partial charge on any atom is 0.311 e. The number of hydrogen-bond donors (Lipinski definition) is 0. The van der Waals surface area contributed by atoms with E-state index in [2.05, 4.69) is 9.90 Å². The van der Waals surface area contributed by atoms with Crippen molar-refractivity contribution in [2.45, 2.75) is 6.92 Å². The lowest BCUT2D eigenvalue weighted by molar-refractivity contribution is 1.76. The molecule has 0 amide bonds. The lowest BCUT2D eigenvalue weighted by atomic mass is 9.90. The molecular formula is C3H5BN2. The van der Waals surface area contributed by atoms with E-state index in [0.29, 0.717) is 0 Å². The molecule has 1 heterocycles. The van der Waals surface area contributed by atoms with E-state index in [0.717, 1.165) is 13.0 Å². The van der Waals surface area contributed by atoms with Gasteiger partial charge in [0.25, 0.3) is 0 Å². The van der Waals surface area contributed by atoms with Gasteiger partial charge in [-0.3, -0.25) is 4.99 Å². The van der Waals surface area contributed by atoms with E-state index >= 15 is 0 Å². The number of nitrogens with zero attached hydrogens (tertiary/aromatic N) is 2. The van der Waals surface area contributed by atoms with Crippen molar-refractivity contribution in [3.63, 3.8) is 0 Å². The van der Waals surface area contributed by atoms with Crippen LogP contribution in [0.1, 0.15) is 6.92 Å². The summed E-state index contributed by atoms with van der Waals surface area (Å²) in [6.07, 6.45) is 1.59. The van der Waals surface area contributed by atoms with Gasteiger partial charge in [-0.25, -0.2) is 0 Å².